The van der Waals surface area contributed by atoms with Crippen LogP contribution in [0.5, 0.6) is 11.5 Å². The number of nitrogens with zero attached hydrogens (tertiary/aromatic N) is 2. The van der Waals surface area contributed by atoms with Gasteiger partial charge in [-0.1, -0.05) is 46.9 Å². The average molecular weight is 374 g/mol. The summed E-state index contributed by atoms with van der Waals surface area (Å²) in [6.07, 6.45) is 0. The molecule has 7 heteroatoms. The van der Waals surface area contributed by atoms with Gasteiger partial charge in [0.25, 0.3) is 0 Å². The molecule has 0 bridgehead atoms. The van der Waals surface area contributed by atoms with E-state index in [1.807, 2.05) is 36.4 Å². The van der Waals surface area contributed by atoms with Crippen molar-refractivity contribution in [2.75, 3.05) is 19.5 Å². The maximum atomic E-state index is 5.42. The van der Waals surface area contributed by atoms with E-state index in [4.69, 9.17) is 9.47 Å². The Kier molecular flexibility index (Phi) is 5.78. The first-order valence-corrected chi connectivity index (χ1v) is 9.49. The van der Waals surface area contributed by atoms with Crippen LogP contribution in [-0.4, -0.2) is 24.4 Å². The summed E-state index contributed by atoms with van der Waals surface area (Å²) in [6, 6.07) is 13.9. The number of thioether (sulfide) groups is 1. The van der Waals surface area contributed by atoms with Gasteiger partial charge in [0.1, 0.15) is 11.5 Å². The number of aryl methyl sites for hydroxylation is 1. The van der Waals surface area contributed by atoms with Crippen molar-refractivity contribution in [2.45, 2.75) is 17.0 Å². The largest absolute Gasteiger partial charge is 0.497 e. The minimum atomic E-state index is 0.756. The third-order valence-corrected chi connectivity index (χ3v) is 5.54. The van der Waals surface area contributed by atoms with Crippen molar-refractivity contribution in [3.05, 3.63) is 53.6 Å². The second-order valence-corrected chi connectivity index (χ2v) is 7.53. The standard InChI is InChI=1S/C18H19N3O2S2/c1-12-7-8-16(23-3)13(9-12)11-24-18-21-20-17(25-18)19-14-5-4-6-15(10-14)22-2/h4-10H,11H2,1-3H3,(H,19,20). The van der Waals surface area contributed by atoms with Gasteiger partial charge >= 0.3 is 0 Å². The highest BCUT2D eigenvalue weighted by atomic mass is 32.2. The molecule has 0 aliphatic rings. The molecule has 0 aliphatic carbocycles. The van der Waals surface area contributed by atoms with Gasteiger partial charge in [0, 0.05) is 23.1 Å². The van der Waals surface area contributed by atoms with Crippen LogP contribution in [0.1, 0.15) is 11.1 Å². The summed E-state index contributed by atoms with van der Waals surface area (Å²) >= 11 is 3.18. The second-order valence-electron chi connectivity index (χ2n) is 5.33. The maximum Gasteiger partial charge on any atom is 0.210 e. The minimum absolute atomic E-state index is 0.756. The quantitative estimate of drug-likeness (QED) is 0.595. The Balaban J connectivity index is 1.65. The van der Waals surface area contributed by atoms with Crippen molar-refractivity contribution in [1.29, 1.82) is 0 Å². The molecular formula is C18H19N3O2S2. The summed E-state index contributed by atoms with van der Waals surface area (Å²) in [5.74, 6) is 2.49. The number of aromatic nitrogens is 2. The van der Waals surface area contributed by atoms with E-state index in [1.165, 1.54) is 16.9 Å². The second kappa shape index (κ2) is 8.22. The predicted molar refractivity (Wildman–Crippen MR) is 103 cm³/mol. The van der Waals surface area contributed by atoms with Crippen LogP contribution in [0.2, 0.25) is 0 Å². The highest BCUT2D eigenvalue weighted by Crippen LogP contribution is 2.33. The smallest absolute Gasteiger partial charge is 0.210 e. The monoisotopic (exact) mass is 373 g/mol. The molecule has 5 nitrogen and oxygen atoms in total. The lowest BCUT2D eigenvalue weighted by molar-refractivity contribution is 0.411. The fraction of sp³-hybridized carbons (Fsp3) is 0.222. The van der Waals surface area contributed by atoms with Crippen LogP contribution in [-0.2, 0) is 5.75 Å². The Labute approximate surface area is 155 Å². The lowest BCUT2D eigenvalue weighted by Gasteiger charge is -2.08. The number of hydrogen-bond donors (Lipinski definition) is 1. The van der Waals surface area contributed by atoms with E-state index in [2.05, 4.69) is 28.5 Å². The number of hydrogen-bond acceptors (Lipinski definition) is 7. The Morgan fingerprint density at radius 2 is 1.96 bits per heavy atom. The lowest BCUT2D eigenvalue weighted by atomic mass is 10.1. The fourth-order valence-corrected chi connectivity index (χ4v) is 4.05. The molecule has 0 radical (unpaired) electrons. The third-order valence-electron chi connectivity index (χ3n) is 3.51. The number of nitrogens with one attached hydrogen (secondary N) is 1. The van der Waals surface area contributed by atoms with E-state index >= 15 is 0 Å². The molecule has 0 unspecified atom stereocenters. The van der Waals surface area contributed by atoms with Gasteiger partial charge in [0.15, 0.2) is 4.34 Å². The molecule has 0 fully saturated rings. The zero-order valence-electron chi connectivity index (χ0n) is 14.3. The van der Waals surface area contributed by atoms with Gasteiger partial charge in [0.05, 0.1) is 14.2 Å². The van der Waals surface area contributed by atoms with Crippen molar-refractivity contribution >= 4 is 33.9 Å². The normalized spacial score (nSPS) is 10.5. The number of ether oxygens (including phenoxy) is 2. The van der Waals surface area contributed by atoms with E-state index in [1.54, 1.807) is 26.0 Å². The summed E-state index contributed by atoms with van der Waals surface area (Å²) in [4.78, 5) is 0. The summed E-state index contributed by atoms with van der Waals surface area (Å²) in [5.41, 5.74) is 3.30. The van der Waals surface area contributed by atoms with Gasteiger partial charge in [-0.25, -0.2) is 0 Å². The van der Waals surface area contributed by atoms with Gasteiger partial charge in [-0.2, -0.15) is 0 Å². The molecule has 0 saturated carbocycles. The van der Waals surface area contributed by atoms with E-state index in [0.29, 0.717) is 0 Å². The average Bonchev–Trinajstić information content (AvgIpc) is 3.07. The van der Waals surface area contributed by atoms with Crippen molar-refractivity contribution in [1.82, 2.24) is 10.2 Å². The Morgan fingerprint density at radius 3 is 2.76 bits per heavy atom. The highest BCUT2D eigenvalue weighted by molar-refractivity contribution is 8.00. The van der Waals surface area contributed by atoms with E-state index < -0.39 is 0 Å². The van der Waals surface area contributed by atoms with E-state index in [0.717, 1.165) is 38.0 Å². The highest BCUT2D eigenvalue weighted by Gasteiger charge is 2.09. The molecule has 3 rings (SSSR count). The number of rotatable bonds is 7. The van der Waals surface area contributed by atoms with Crippen LogP contribution < -0.4 is 14.8 Å². The van der Waals surface area contributed by atoms with Gasteiger partial charge in [0.2, 0.25) is 5.13 Å². The molecule has 130 valence electrons. The zero-order valence-corrected chi connectivity index (χ0v) is 15.9. The van der Waals surface area contributed by atoms with Gasteiger partial charge in [-0.15, -0.1) is 10.2 Å². The molecule has 0 saturated heterocycles. The minimum Gasteiger partial charge on any atom is -0.497 e. The molecule has 1 aromatic heterocycles. The topological polar surface area (TPSA) is 56.3 Å². The Hall–Kier alpha value is -2.25. The summed E-state index contributed by atoms with van der Waals surface area (Å²) in [7, 11) is 3.35. The first-order valence-electron chi connectivity index (χ1n) is 7.69. The maximum absolute atomic E-state index is 5.42. The van der Waals surface area contributed by atoms with E-state index in [9.17, 15) is 0 Å². The predicted octanol–water partition coefficient (Wildman–Crippen LogP) is 4.90. The molecule has 0 amide bonds. The van der Waals surface area contributed by atoms with Crippen molar-refractivity contribution in [3.63, 3.8) is 0 Å². The van der Waals surface area contributed by atoms with Gasteiger partial charge in [-0.05, 0) is 25.1 Å². The van der Waals surface area contributed by atoms with E-state index in [-0.39, 0.29) is 0 Å². The van der Waals surface area contributed by atoms with Crippen LogP contribution in [0.3, 0.4) is 0 Å². The third kappa shape index (κ3) is 4.64. The molecule has 1 heterocycles. The van der Waals surface area contributed by atoms with Crippen LogP contribution in [0, 0.1) is 6.92 Å². The summed E-state index contributed by atoms with van der Waals surface area (Å²) in [6.45, 7) is 2.08. The van der Waals surface area contributed by atoms with Crippen LogP contribution in [0.25, 0.3) is 0 Å². The van der Waals surface area contributed by atoms with Gasteiger partial charge in [-0.3, -0.25) is 0 Å². The number of anilines is 2. The van der Waals surface area contributed by atoms with Crippen molar-refractivity contribution < 1.29 is 9.47 Å². The zero-order chi connectivity index (χ0) is 17.6. The molecule has 25 heavy (non-hydrogen) atoms. The first kappa shape index (κ1) is 17.6. The molecule has 1 N–H and O–H groups in total. The molecule has 2 aromatic carbocycles. The van der Waals surface area contributed by atoms with Crippen molar-refractivity contribution in [2.24, 2.45) is 0 Å². The molecule has 0 atom stereocenters. The van der Waals surface area contributed by atoms with Crippen molar-refractivity contribution in [3.8, 4) is 11.5 Å². The molecular weight excluding hydrogens is 354 g/mol. The lowest BCUT2D eigenvalue weighted by Crippen LogP contribution is -1.91. The molecule has 3 aromatic rings. The molecule has 0 spiro atoms. The molecule has 0 aliphatic heterocycles. The van der Waals surface area contributed by atoms with Crippen LogP contribution in [0.4, 0.5) is 10.8 Å². The fourth-order valence-electron chi connectivity index (χ4n) is 2.30. The first-order chi connectivity index (χ1) is 12.2. The summed E-state index contributed by atoms with van der Waals surface area (Å²) < 4.78 is 11.6. The Bertz CT molecular complexity index is 852. The van der Waals surface area contributed by atoms with Gasteiger partial charge < -0.3 is 14.8 Å². The summed E-state index contributed by atoms with van der Waals surface area (Å²) in [5, 5.41) is 12.5. The van der Waals surface area contributed by atoms with Crippen LogP contribution in [0.15, 0.2) is 46.8 Å². The SMILES string of the molecule is COc1cccc(Nc2nnc(SCc3cc(C)ccc3OC)s2)c1. The number of benzene rings is 2. The Morgan fingerprint density at radius 1 is 1.08 bits per heavy atom. The van der Waals surface area contributed by atoms with Crippen LogP contribution >= 0.6 is 23.1 Å². The number of methoxy groups -OCH3 is 2.